The standard InChI is InChI=1S/C16H31N3O4S.ClH/c1-16(2)12-18(6-4-14(16)17)10-15(20)19(7-8-23-3)13-5-9-24(21,22)11-13;/h13-14H,4-12,17H2,1-3H3;1H. The first-order valence-corrected chi connectivity index (χ1v) is 10.4. The fraction of sp³-hybridized carbons (Fsp3) is 0.938. The molecule has 9 heteroatoms. The lowest BCUT2D eigenvalue weighted by atomic mass is 9.80. The van der Waals surface area contributed by atoms with E-state index in [-0.39, 0.29) is 47.3 Å². The van der Waals surface area contributed by atoms with E-state index < -0.39 is 9.84 Å². The summed E-state index contributed by atoms with van der Waals surface area (Å²) in [5, 5.41) is 0. The minimum atomic E-state index is -3.02. The molecule has 0 saturated carbocycles. The molecule has 2 unspecified atom stereocenters. The predicted octanol–water partition coefficient (Wildman–Crippen LogP) is 0.130. The molecular formula is C16H32ClN3O4S. The van der Waals surface area contributed by atoms with Gasteiger partial charge in [-0.2, -0.15) is 0 Å². The molecule has 0 aliphatic carbocycles. The second-order valence-electron chi connectivity index (χ2n) is 7.73. The van der Waals surface area contributed by atoms with Crippen molar-refractivity contribution in [3.63, 3.8) is 0 Å². The van der Waals surface area contributed by atoms with E-state index in [1.807, 2.05) is 0 Å². The summed E-state index contributed by atoms with van der Waals surface area (Å²) in [4.78, 5) is 16.6. The summed E-state index contributed by atoms with van der Waals surface area (Å²) < 4.78 is 28.6. The topological polar surface area (TPSA) is 92.9 Å². The minimum absolute atomic E-state index is 0. The molecule has 7 nitrogen and oxygen atoms in total. The van der Waals surface area contributed by atoms with Gasteiger partial charge in [-0.05, 0) is 18.3 Å². The van der Waals surface area contributed by atoms with E-state index in [2.05, 4.69) is 18.7 Å². The number of hydrogen-bond acceptors (Lipinski definition) is 6. The molecule has 2 aliphatic heterocycles. The number of piperidine rings is 1. The molecule has 0 spiro atoms. The minimum Gasteiger partial charge on any atom is -0.383 e. The van der Waals surface area contributed by atoms with Crippen molar-refractivity contribution in [3.8, 4) is 0 Å². The second kappa shape index (κ2) is 8.99. The molecule has 2 aliphatic rings. The van der Waals surface area contributed by atoms with Crippen molar-refractivity contribution < 1.29 is 17.9 Å². The molecular weight excluding hydrogens is 366 g/mol. The molecule has 0 bridgehead atoms. The molecule has 0 radical (unpaired) electrons. The number of carbonyl (C=O) groups excluding carboxylic acids is 1. The molecule has 0 aromatic heterocycles. The van der Waals surface area contributed by atoms with Crippen LogP contribution in [0.2, 0.25) is 0 Å². The molecule has 2 N–H and O–H groups in total. The van der Waals surface area contributed by atoms with Crippen LogP contribution in [-0.4, -0.2) is 87.6 Å². The van der Waals surface area contributed by atoms with Crippen LogP contribution in [0.25, 0.3) is 0 Å². The van der Waals surface area contributed by atoms with Gasteiger partial charge >= 0.3 is 0 Å². The molecule has 2 rings (SSSR count). The van der Waals surface area contributed by atoms with Gasteiger partial charge in [-0.15, -0.1) is 12.4 Å². The molecule has 0 aromatic rings. The smallest absolute Gasteiger partial charge is 0.237 e. The number of nitrogens with zero attached hydrogens (tertiary/aromatic N) is 2. The Kier molecular flexibility index (Phi) is 8.14. The number of carbonyl (C=O) groups is 1. The number of nitrogens with two attached hydrogens (primary N) is 1. The highest BCUT2D eigenvalue weighted by molar-refractivity contribution is 7.91. The maximum Gasteiger partial charge on any atom is 0.237 e. The first kappa shape index (κ1) is 22.6. The zero-order valence-corrected chi connectivity index (χ0v) is 17.1. The Hall–Kier alpha value is -0.410. The molecule has 1 amide bonds. The number of hydrogen-bond donors (Lipinski definition) is 1. The maximum absolute atomic E-state index is 12.8. The van der Waals surface area contributed by atoms with Crippen molar-refractivity contribution in [2.24, 2.45) is 11.1 Å². The van der Waals surface area contributed by atoms with E-state index in [1.54, 1.807) is 12.0 Å². The van der Waals surface area contributed by atoms with Gasteiger partial charge in [-0.1, -0.05) is 13.8 Å². The molecule has 2 fully saturated rings. The zero-order chi connectivity index (χ0) is 18.0. The van der Waals surface area contributed by atoms with Crippen LogP contribution >= 0.6 is 12.4 Å². The van der Waals surface area contributed by atoms with Crippen LogP contribution < -0.4 is 5.73 Å². The van der Waals surface area contributed by atoms with Crippen LogP contribution in [0.15, 0.2) is 0 Å². The van der Waals surface area contributed by atoms with Crippen LogP contribution in [0.4, 0.5) is 0 Å². The van der Waals surface area contributed by atoms with Crippen LogP contribution in [0, 0.1) is 5.41 Å². The van der Waals surface area contributed by atoms with E-state index in [0.717, 1.165) is 19.5 Å². The van der Waals surface area contributed by atoms with Gasteiger partial charge in [0.05, 0.1) is 24.7 Å². The maximum atomic E-state index is 12.8. The summed E-state index contributed by atoms with van der Waals surface area (Å²) in [6, 6.07) is -0.0777. The molecule has 2 atom stereocenters. The van der Waals surface area contributed by atoms with Crippen molar-refractivity contribution >= 4 is 28.2 Å². The van der Waals surface area contributed by atoms with Gasteiger partial charge in [0, 0.05) is 38.8 Å². The number of likely N-dealkylation sites (tertiary alicyclic amines) is 1. The lowest BCUT2D eigenvalue weighted by Gasteiger charge is -2.43. The normalized spacial score (nSPS) is 28.3. The summed E-state index contributed by atoms with van der Waals surface area (Å²) in [7, 11) is -1.44. The van der Waals surface area contributed by atoms with Crippen LogP contribution in [0.5, 0.6) is 0 Å². The Morgan fingerprint density at radius 2 is 2.04 bits per heavy atom. The lowest BCUT2D eigenvalue weighted by Crippen LogP contribution is -2.55. The highest BCUT2D eigenvalue weighted by Crippen LogP contribution is 2.27. The second-order valence-corrected chi connectivity index (χ2v) is 9.96. The van der Waals surface area contributed by atoms with Gasteiger partial charge < -0.3 is 15.4 Å². The van der Waals surface area contributed by atoms with E-state index >= 15 is 0 Å². The van der Waals surface area contributed by atoms with E-state index in [9.17, 15) is 13.2 Å². The summed E-state index contributed by atoms with van der Waals surface area (Å²) in [6.45, 7) is 7.00. The van der Waals surface area contributed by atoms with Gasteiger partial charge in [0.25, 0.3) is 0 Å². The third-order valence-corrected chi connectivity index (χ3v) is 7.01. The summed E-state index contributed by atoms with van der Waals surface area (Å²) in [6.07, 6.45) is 1.39. The Labute approximate surface area is 157 Å². The number of amides is 1. The van der Waals surface area contributed by atoms with Crippen LogP contribution in [0.3, 0.4) is 0 Å². The fourth-order valence-electron chi connectivity index (χ4n) is 3.62. The molecule has 0 aromatic carbocycles. The average molecular weight is 398 g/mol. The van der Waals surface area contributed by atoms with E-state index in [4.69, 9.17) is 10.5 Å². The molecule has 2 heterocycles. The first-order chi connectivity index (χ1) is 11.1. The van der Waals surface area contributed by atoms with E-state index in [0.29, 0.717) is 26.1 Å². The Morgan fingerprint density at radius 1 is 1.36 bits per heavy atom. The average Bonchev–Trinajstić information content (AvgIpc) is 2.83. The predicted molar refractivity (Wildman–Crippen MR) is 101 cm³/mol. The van der Waals surface area contributed by atoms with Gasteiger partial charge in [0.1, 0.15) is 0 Å². The Bertz CT molecular complexity index is 556. The monoisotopic (exact) mass is 397 g/mol. The number of halogens is 1. The van der Waals surface area contributed by atoms with Crippen molar-refractivity contribution in [2.75, 3.05) is 51.4 Å². The largest absolute Gasteiger partial charge is 0.383 e. The van der Waals surface area contributed by atoms with Crippen molar-refractivity contribution in [3.05, 3.63) is 0 Å². The van der Waals surface area contributed by atoms with Crippen molar-refractivity contribution in [1.29, 1.82) is 0 Å². The van der Waals surface area contributed by atoms with Crippen molar-refractivity contribution in [2.45, 2.75) is 38.8 Å². The summed E-state index contributed by atoms with van der Waals surface area (Å²) in [5.74, 6) is 0.221. The van der Waals surface area contributed by atoms with Crippen LogP contribution in [-0.2, 0) is 19.4 Å². The van der Waals surface area contributed by atoms with E-state index in [1.165, 1.54) is 0 Å². The number of rotatable bonds is 6. The molecule has 25 heavy (non-hydrogen) atoms. The summed E-state index contributed by atoms with van der Waals surface area (Å²) in [5.41, 5.74) is 6.13. The number of ether oxygens (including phenoxy) is 1. The SMILES string of the molecule is COCCN(C(=O)CN1CCC(N)C(C)(C)C1)C1CCS(=O)(=O)C1.Cl. The number of methoxy groups -OCH3 is 1. The molecule has 2 saturated heterocycles. The number of sulfone groups is 1. The first-order valence-electron chi connectivity index (χ1n) is 8.61. The lowest BCUT2D eigenvalue weighted by molar-refractivity contribution is -0.135. The van der Waals surface area contributed by atoms with Gasteiger partial charge in [0.2, 0.25) is 5.91 Å². The molecule has 148 valence electrons. The Morgan fingerprint density at radius 3 is 2.56 bits per heavy atom. The third kappa shape index (κ3) is 6.06. The van der Waals surface area contributed by atoms with Gasteiger partial charge in [-0.25, -0.2) is 8.42 Å². The van der Waals surface area contributed by atoms with Crippen molar-refractivity contribution in [1.82, 2.24) is 9.80 Å². The van der Waals surface area contributed by atoms with Gasteiger partial charge in [0.15, 0.2) is 9.84 Å². The highest BCUT2D eigenvalue weighted by atomic mass is 35.5. The van der Waals surface area contributed by atoms with Gasteiger partial charge in [-0.3, -0.25) is 9.69 Å². The Balaban J connectivity index is 0.00000312. The third-order valence-electron chi connectivity index (χ3n) is 5.26. The van der Waals surface area contributed by atoms with Crippen LogP contribution in [0.1, 0.15) is 26.7 Å². The summed E-state index contributed by atoms with van der Waals surface area (Å²) >= 11 is 0. The quantitative estimate of drug-likeness (QED) is 0.684. The highest BCUT2D eigenvalue weighted by Gasteiger charge is 2.37. The zero-order valence-electron chi connectivity index (χ0n) is 15.4. The fourth-order valence-corrected chi connectivity index (χ4v) is 5.35.